The minimum absolute atomic E-state index is 0.000107. The van der Waals surface area contributed by atoms with Crippen LogP contribution in [0.25, 0.3) is 11.1 Å². The Balaban J connectivity index is 1.75. The van der Waals surface area contributed by atoms with Crippen molar-refractivity contribution in [1.29, 1.82) is 5.26 Å². The molecular weight excluding hydrogens is 334 g/mol. The highest BCUT2D eigenvalue weighted by atomic mass is 32.2. The Morgan fingerprint density at radius 3 is 2.24 bits per heavy atom. The number of primary sulfonamides is 1. The molecule has 0 atom stereocenters. The standard InChI is InChI=1S/C19H15N3O2S/c20-11-13-1-3-14(4-2-13)16-9-19(7-8-19)10-17(16)18-6-5-15(12-22-18)25(21,23)24/h1-6,9-10,12H,7-8H2,(H2,21,23,24). The molecule has 1 aromatic heterocycles. The number of pyridine rings is 1. The average Bonchev–Trinajstić information content (AvgIpc) is 3.25. The lowest BCUT2D eigenvalue weighted by molar-refractivity contribution is 0.597. The molecule has 0 radical (unpaired) electrons. The van der Waals surface area contributed by atoms with E-state index in [1.165, 1.54) is 12.3 Å². The maximum atomic E-state index is 11.4. The van der Waals surface area contributed by atoms with Crippen LogP contribution in [0.15, 0.2) is 59.6 Å². The van der Waals surface area contributed by atoms with Crippen molar-refractivity contribution in [3.8, 4) is 6.07 Å². The third kappa shape index (κ3) is 2.88. The summed E-state index contributed by atoms with van der Waals surface area (Å²) in [7, 11) is -3.75. The van der Waals surface area contributed by atoms with Gasteiger partial charge in [-0.05, 0) is 48.2 Å². The summed E-state index contributed by atoms with van der Waals surface area (Å²) < 4.78 is 22.8. The highest BCUT2D eigenvalue weighted by Crippen LogP contribution is 2.57. The fraction of sp³-hybridized carbons (Fsp3) is 0.158. The molecule has 6 heteroatoms. The first-order valence-corrected chi connectivity index (χ1v) is 9.41. The molecule has 1 spiro atoms. The number of benzene rings is 1. The SMILES string of the molecule is N#Cc1ccc(C2=CC3(C=C2c2ccc(S(N)(=O)=O)cn2)CC3)cc1. The summed E-state index contributed by atoms with van der Waals surface area (Å²) in [6.45, 7) is 0. The monoisotopic (exact) mass is 349 g/mol. The van der Waals surface area contributed by atoms with Gasteiger partial charge in [-0.3, -0.25) is 4.98 Å². The molecule has 5 nitrogen and oxygen atoms in total. The fourth-order valence-electron chi connectivity index (χ4n) is 3.09. The molecule has 2 aromatic rings. The number of rotatable bonds is 3. The molecule has 2 N–H and O–H groups in total. The van der Waals surface area contributed by atoms with E-state index < -0.39 is 10.0 Å². The van der Waals surface area contributed by atoms with Gasteiger partial charge in [0.25, 0.3) is 0 Å². The number of nitrogens with two attached hydrogens (primary N) is 1. The van der Waals surface area contributed by atoms with Crippen molar-refractivity contribution in [1.82, 2.24) is 4.98 Å². The number of nitriles is 1. The molecular formula is C19H15N3O2S. The van der Waals surface area contributed by atoms with Crippen LogP contribution in [-0.2, 0) is 10.0 Å². The van der Waals surface area contributed by atoms with Gasteiger partial charge >= 0.3 is 0 Å². The van der Waals surface area contributed by atoms with Crippen molar-refractivity contribution in [2.75, 3.05) is 0 Å². The lowest BCUT2D eigenvalue weighted by Gasteiger charge is -2.09. The van der Waals surface area contributed by atoms with Crippen molar-refractivity contribution in [3.63, 3.8) is 0 Å². The Bertz CT molecular complexity index is 1050. The second-order valence-electron chi connectivity index (χ2n) is 6.46. The summed E-state index contributed by atoms with van der Waals surface area (Å²) >= 11 is 0. The summed E-state index contributed by atoms with van der Waals surface area (Å²) in [5.74, 6) is 0. The normalized spacial score (nSPS) is 17.8. The van der Waals surface area contributed by atoms with Gasteiger partial charge in [-0.15, -0.1) is 0 Å². The molecule has 2 aliphatic rings. The van der Waals surface area contributed by atoms with Crippen LogP contribution in [0.5, 0.6) is 0 Å². The summed E-state index contributed by atoms with van der Waals surface area (Å²) in [5, 5.41) is 14.1. The molecule has 0 amide bonds. The molecule has 124 valence electrons. The molecule has 0 saturated heterocycles. The van der Waals surface area contributed by atoms with E-state index in [4.69, 9.17) is 10.4 Å². The Morgan fingerprint density at radius 2 is 1.72 bits per heavy atom. The van der Waals surface area contributed by atoms with Crippen LogP contribution in [0, 0.1) is 16.7 Å². The molecule has 1 aromatic carbocycles. The topological polar surface area (TPSA) is 96.8 Å². The quantitative estimate of drug-likeness (QED) is 0.921. The molecule has 25 heavy (non-hydrogen) atoms. The van der Waals surface area contributed by atoms with E-state index in [1.54, 1.807) is 18.2 Å². The van der Waals surface area contributed by atoms with Crippen LogP contribution < -0.4 is 5.14 Å². The van der Waals surface area contributed by atoms with Gasteiger partial charge in [0, 0.05) is 17.2 Å². The number of hydrogen-bond donors (Lipinski definition) is 1. The summed E-state index contributed by atoms with van der Waals surface area (Å²) in [6.07, 6.45) is 7.95. The molecule has 1 saturated carbocycles. The van der Waals surface area contributed by atoms with Crippen LogP contribution in [0.1, 0.15) is 29.7 Å². The lowest BCUT2D eigenvalue weighted by Crippen LogP contribution is -2.12. The first-order valence-electron chi connectivity index (χ1n) is 7.86. The largest absolute Gasteiger partial charge is 0.255 e. The lowest BCUT2D eigenvalue weighted by atomic mass is 9.97. The van der Waals surface area contributed by atoms with E-state index in [9.17, 15) is 8.42 Å². The van der Waals surface area contributed by atoms with Gasteiger partial charge < -0.3 is 0 Å². The van der Waals surface area contributed by atoms with E-state index in [0.717, 1.165) is 29.6 Å². The van der Waals surface area contributed by atoms with Crippen LogP contribution in [-0.4, -0.2) is 13.4 Å². The Kier molecular flexibility index (Phi) is 3.39. The number of sulfonamides is 1. The van der Waals surface area contributed by atoms with Gasteiger partial charge in [-0.1, -0.05) is 24.3 Å². The summed E-state index contributed by atoms with van der Waals surface area (Å²) in [4.78, 5) is 4.31. The Hall–Kier alpha value is -2.75. The zero-order valence-corrected chi connectivity index (χ0v) is 14.1. The third-order valence-corrected chi connectivity index (χ3v) is 5.55. The van der Waals surface area contributed by atoms with E-state index in [2.05, 4.69) is 23.2 Å². The van der Waals surface area contributed by atoms with Crippen molar-refractivity contribution >= 4 is 21.2 Å². The molecule has 1 heterocycles. The zero-order chi connectivity index (χ0) is 17.7. The predicted molar refractivity (Wildman–Crippen MR) is 94.4 cm³/mol. The van der Waals surface area contributed by atoms with Crippen LogP contribution in [0.3, 0.4) is 0 Å². The van der Waals surface area contributed by atoms with Gasteiger partial charge in [0.1, 0.15) is 4.90 Å². The summed E-state index contributed by atoms with van der Waals surface area (Å²) in [5.41, 5.74) is 4.50. The van der Waals surface area contributed by atoms with Gasteiger partial charge in [0.2, 0.25) is 10.0 Å². The Morgan fingerprint density at radius 1 is 1.04 bits per heavy atom. The maximum Gasteiger partial charge on any atom is 0.239 e. The third-order valence-electron chi connectivity index (χ3n) is 4.65. The van der Waals surface area contributed by atoms with Gasteiger partial charge in [0.05, 0.1) is 17.3 Å². The van der Waals surface area contributed by atoms with E-state index in [1.807, 2.05) is 12.1 Å². The summed E-state index contributed by atoms with van der Waals surface area (Å²) in [6, 6.07) is 12.7. The second kappa shape index (κ2) is 5.38. The highest BCUT2D eigenvalue weighted by Gasteiger charge is 2.43. The van der Waals surface area contributed by atoms with E-state index in [0.29, 0.717) is 11.3 Å². The van der Waals surface area contributed by atoms with Crippen molar-refractivity contribution < 1.29 is 8.42 Å². The van der Waals surface area contributed by atoms with Crippen molar-refractivity contribution in [3.05, 3.63) is 71.6 Å². The molecule has 2 aliphatic carbocycles. The molecule has 1 fully saturated rings. The molecule has 0 bridgehead atoms. The maximum absolute atomic E-state index is 11.4. The number of nitrogens with zero attached hydrogens (tertiary/aromatic N) is 2. The fourth-order valence-corrected chi connectivity index (χ4v) is 3.55. The average molecular weight is 349 g/mol. The molecule has 4 rings (SSSR count). The minimum Gasteiger partial charge on any atom is -0.255 e. The zero-order valence-electron chi connectivity index (χ0n) is 13.3. The van der Waals surface area contributed by atoms with Crippen LogP contribution in [0.4, 0.5) is 0 Å². The first-order chi connectivity index (χ1) is 11.9. The van der Waals surface area contributed by atoms with E-state index >= 15 is 0 Å². The number of allylic oxidation sites excluding steroid dienone is 4. The number of hydrogen-bond acceptors (Lipinski definition) is 4. The van der Waals surface area contributed by atoms with Crippen LogP contribution >= 0.6 is 0 Å². The van der Waals surface area contributed by atoms with Crippen LogP contribution in [0.2, 0.25) is 0 Å². The Labute approximate surface area is 146 Å². The van der Waals surface area contributed by atoms with Crippen molar-refractivity contribution in [2.24, 2.45) is 10.6 Å². The second-order valence-corrected chi connectivity index (χ2v) is 8.02. The predicted octanol–water partition coefficient (Wildman–Crippen LogP) is 2.86. The van der Waals surface area contributed by atoms with Gasteiger partial charge in [-0.2, -0.15) is 5.26 Å². The van der Waals surface area contributed by atoms with Gasteiger partial charge in [0.15, 0.2) is 0 Å². The smallest absolute Gasteiger partial charge is 0.239 e. The van der Waals surface area contributed by atoms with Gasteiger partial charge in [-0.25, -0.2) is 13.6 Å². The molecule has 0 unspecified atom stereocenters. The first kappa shape index (κ1) is 15.8. The number of aromatic nitrogens is 1. The molecule has 0 aliphatic heterocycles. The van der Waals surface area contributed by atoms with E-state index in [-0.39, 0.29) is 10.3 Å². The highest BCUT2D eigenvalue weighted by molar-refractivity contribution is 7.89. The minimum atomic E-state index is -3.75. The van der Waals surface area contributed by atoms with Crippen molar-refractivity contribution in [2.45, 2.75) is 17.7 Å².